The first kappa shape index (κ1) is 30.8. The molecule has 11 heteroatoms. The van der Waals surface area contributed by atoms with Gasteiger partial charge in [-0.3, -0.25) is 4.79 Å². The Kier molecular flexibility index (Phi) is 7.79. The van der Waals surface area contributed by atoms with Crippen LogP contribution in [0, 0.1) is 0 Å². The van der Waals surface area contributed by atoms with Crippen LogP contribution < -0.4 is 14.4 Å². The summed E-state index contributed by atoms with van der Waals surface area (Å²) in [4.78, 5) is 48.9. The number of ether oxygens (including phenoxy) is 2. The summed E-state index contributed by atoms with van der Waals surface area (Å²) in [6.07, 6.45) is 0.824. The number of aldehydes is 1. The van der Waals surface area contributed by atoms with Crippen molar-refractivity contribution in [2.24, 2.45) is 0 Å². The van der Waals surface area contributed by atoms with E-state index in [1.165, 1.54) is 18.2 Å². The number of esters is 2. The first-order chi connectivity index (χ1) is 23.6. The van der Waals surface area contributed by atoms with Crippen molar-refractivity contribution in [2.75, 3.05) is 0 Å². The molecule has 0 saturated carbocycles. The van der Waals surface area contributed by atoms with Crippen molar-refractivity contribution in [3.05, 3.63) is 125 Å². The molecule has 7 aromatic carbocycles. The van der Waals surface area contributed by atoms with Gasteiger partial charge in [-0.15, -0.1) is 0 Å². The van der Waals surface area contributed by atoms with E-state index in [4.69, 9.17) is 19.2 Å². The van der Waals surface area contributed by atoms with Crippen molar-refractivity contribution in [1.29, 1.82) is 0 Å². The lowest BCUT2D eigenvalue weighted by molar-refractivity contribution is -0.216. The van der Waals surface area contributed by atoms with Crippen LogP contribution in [0.1, 0.15) is 36.6 Å². The van der Waals surface area contributed by atoms with Crippen molar-refractivity contribution < 1.29 is 54.1 Å². The summed E-state index contributed by atoms with van der Waals surface area (Å²) < 4.78 is 10.9. The van der Waals surface area contributed by atoms with Gasteiger partial charge in [-0.1, -0.05) is 36.4 Å². The van der Waals surface area contributed by atoms with Gasteiger partial charge in [-0.25, -0.2) is 9.59 Å². The molecule has 0 aliphatic heterocycles. The van der Waals surface area contributed by atoms with Crippen molar-refractivity contribution >= 4 is 50.5 Å². The molecule has 0 aliphatic carbocycles. The van der Waals surface area contributed by atoms with Crippen LogP contribution in [0.25, 0.3) is 32.3 Å². The van der Waals surface area contributed by atoms with Gasteiger partial charge in [0, 0.05) is 34.5 Å². The molecule has 7 rings (SSSR count). The quantitative estimate of drug-likeness (QED) is 0.0310. The third-order valence-electron chi connectivity index (χ3n) is 7.80. The Bertz CT molecular complexity index is 2310. The molecular formula is C38H24O11. The third kappa shape index (κ3) is 6.16. The minimum Gasteiger partial charge on any atom is -0.508 e. The Morgan fingerprint density at radius 2 is 1.06 bits per heavy atom. The van der Waals surface area contributed by atoms with Crippen LogP contribution in [0.5, 0.6) is 40.2 Å². The molecule has 0 spiro atoms. The second kappa shape index (κ2) is 12.4. The number of benzene rings is 7. The summed E-state index contributed by atoms with van der Waals surface area (Å²) in [6.45, 7) is -0.215. The van der Waals surface area contributed by atoms with E-state index in [9.17, 15) is 34.8 Å². The van der Waals surface area contributed by atoms with E-state index in [1.807, 2.05) is 36.4 Å². The monoisotopic (exact) mass is 656 g/mol. The van der Waals surface area contributed by atoms with Crippen molar-refractivity contribution in [2.45, 2.75) is 6.61 Å². The standard InChI is InChI=1S/C38H24O11/c39-18-23-2-1-21-4-7-33-34(8-5-22-3-6-32(23)35(21)36(22)33)49-46-19-20-9-30(47-37(44)24-11-26(40)15-27(41)12-24)17-31(10-20)48-38(45)25-13-28(42)16-29(43)14-25/h1-18,40-43H,19H2. The minimum atomic E-state index is -0.929. The van der Waals surface area contributed by atoms with Gasteiger partial charge < -0.3 is 34.8 Å². The molecule has 0 bridgehead atoms. The van der Waals surface area contributed by atoms with E-state index in [-0.39, 0.29) is 52.2 Å². The highest BCUT2D eigenvalue weighted by molar-refractivity contribution is 6.26. The van der Waals surface area contributed by atoms with Gasteiger partial charge in [0.2, 0.25) is 0 Å². The van der Waals surface area contributed by atoms with Gasteiger partial charge in [0.1, 0.15) is 41.1 Å². The molecule has 49 heavy (non-hydrogen) atoms. The highest BCUT2D eigenvalue weighted by atomic mass is 17.2. The highest BCUT2D eigenvalue weighted by Gasteiger charge is 2.18. The number of carbonyl (C=O) groups excluding carboxylic acids is 3. The molecule has 0 radical (unpaired) electrons. The first-order valence-corrected chi connectivity index (χ1v) is 14.7. The van der Waals surface area contributed by atoms with E-state index in [2.05, 4.69) is 0 Å². The minimum absolute atomic E-state index is 0.0794. The van der Waals surface area contributed by atoms with Crippen LogP contribution in [0.4, 0.5) is 0 Å². The molecule has 0 aliphatic rings. The Morgan fingerprint density at radius 3 is 1.61 bits per heavy atom. The zero-order chi connectivity index (χ0) is 34.2. The first-order valence-electron chi connectivity index (χ1n) is 14.7. The maximum Gasteiger partial charge on any atom is 0.343 e. The van der Waals surface area contributed by atoms with Gasteiger partial charge in [0.05, 0.1) is 11.1 Å². The molecule has 4 N–H and O–H groups in total. The lowest BCUT2D eigenvalue weighted by atomic mass is 9.92. The van der Waals surface area contributed by atoms with E-state index < -0.39 is 11.9 Å². The Hall–Kier alpha value is -6.85. The van der Waals surface area contributed by atoms with Gasteiger partial charge in [-0.05, 0) is 75.6 Å². The van der Waals surface area contributed by atoms with Crippen molar-refractivity contribution in [3.63, 3.8) is 0 Å². The van der Waals surface area contributed by atoms with E-state index >= 15 is 0 Å². The normalized spacial score (nSPS) is 11.2. The fraction of sp³-hybridized carbons (Fsp3) is 0.0263. The van der Waals surface area contributed by atoms with Crippen LogP contribution in [-0.2, 0) is 11.5 Å². The lowest BCUT2D eigenvalue weighted by Crippen LogP contribution is -2.11. The summed E-state index contributed by atoms with van der Waals surface area (Å²) >= 11 is 0. The number of hydrogen-bond donors (Lipinski definition) is 4. The fourth-order valence-corrected chi connectivity index (χ4v) is 5.72. The summed E-state index contributed by atoms with van der Waals surface area (Å²) in [5, 5.41) is 44.5. The van der Waals surface area contributed by atoms with Crippen molar-refractivity contribution in [1.82, 2.24) is 0 Å². The molecule has 7 aromatic rings. The summed E-state index contributed by atoms with van der Waals surface area (Å²) in [5.41, 5.74) is 0.623. The SMILES string of the molecule is O=Cc1ccc2ccc3c(OOCc4cc(OC(=O)c5cc(O)cc(O)c5)cc(OC(=O)c5cc(O)cc(O)c5)c4)ccc4ccc1c2c43. The van der Waals surface area contributed by atoms with Crippen LogP contribution in [0.15, 0.2) is 103 Å². The highest BCUT2D eigenvalue weighted by Crippen LogP contribution is 2.39. The second-order valence-electron chi connectivity index (χ2n) is 11.2. The fourth-order valence-electron chi connectivity index (χ4n) is 5.72. The number of hydrogen-bond acceptors (Lipinski definition) is 11. The maximum atomic E-state index is 12.9. The van der Waals surface area contributed by atoms with Crippen molar-refractivity contribution in [3.8, 4) is 40.2 Å². The molecule has 0 aromatic heterocycles. The predicted molar refractivity (Wildman–Crippen MR) is 177 cm³/mol. The molecule has 0 unspecified atom stereocenters. The molecule has 0 fully saturated rings. The summed E-state index contributed by atoms with van der Waals surface area (Å²) in [7, 11) is 0. The predicted octanol–water partition coefficient (Wildman–Crippen LogP) is 7.17. The molecule has 0 heterocycles. The average molecular weight is 657 g/mol. The summed E-state index contributed by atoms with van der Waals surface area (Å²) in [6, 6.07) is 25.7. The number of rotatable bonds is 9. The van der Waals surface area contributed by atoms with Gasteiger partial charge in [0.15, 0.2) is 12.0 Å². The van der Waals surface area contributed by atoms with E-state index in [0.717, 1.165) is 75.0 Å². The number of carbonyl (C=O) groups is 3. The van der Waals surface area contributed by atoms with Crippen LogP contribution >= 0.6 is 0 Å². The number of phenolic OH excluding ortho intramolecular Hbond substituents is 4. The third-order valence-corrected chi connectivity index (χ3v) is 7.80. The Balaban J connectivity index is 1.17. The molecular weight excluding hydrogens is 632 g/mol. The van der Waals surface area contributed by atoms with Crippen LogP contribution in [0.3, 0.4) is 0 Å². The number of phenols is 4. The molecule has 0 amide bonds. The number of aromatic hydroxyl groups is 4. The largest absolute Gasteiger partial charge is 0.508 e. The van der Waals surface area contributed by atoms with Gasteiger partial charge in [0.25, 0.3) is 0 Å². The second-order valence-corrected chi connectivity index (χ2v) is 11.2. The smallest absolute Gasteiger partial charge is 0.343 e. The van der Waals surface area contributed by atoms with Gasteiger partial charge >= 0.3 is 11.9 Å². The lowest BCUT2D eigenvalue weighted by Gasteiger charge is -2.15. The molecule has 0 saturated heterocycles. The van der Waals surface area contributed by atoms with Crippen LogP contribution in [0.2, 0.25) is 0 Å². The summed E-state index contributed by atoms with van der Waals surface area (Å²) in [5.74, 6) is -3.03. The Morgan fingerprint density at radius 1 is 0.571 bits per heavy atom. The zero-order valence-electron chi connectivity index (χ0n) is 25.2. The van der Waals surface area contributed by atoms with Crippen LogP contribution in [-0.4, -0.2) is 38.7 Å². The molecule has 242 valence electrons. The van der Waals surface area contributed by atoms with E-state index in [1.54, 1.807) is 12.1 Å². The Labute approximate surface area is 276 Å². The maximum absolute atomic E-state index is 12.9. The molecule has 11 nitrogen and oxygen atoms in total. The van der Waals surface area contributed by atoms with Gasteiger partial charge in [-0.2, -0.15) is 4.89 Å². The average Bonchev–Trinajstić information content (AvgIpc) is 3.06. The topological polar surface area (TPSA) is 169 Å². The van der Waals surface area contributed by atoms with E-state index in [0.29, 0.717) is 16.9 Å². The zero-order valence-corrected chi connectivity index (χ0v) is 25.2. The molecule has 0 atom stereocenters.